The molecule has 0 heterocycles. The first kappa shape index (κ1) is 18.7. The average Bonchev–Trinajstić information content (AvgIpc) is 2.61. The standard InChI is InChI=1S/C18H14BrFO5/c1-24-16-9-11(8-14(19)18(16)23)2-7-17(22)25-10-15(21)12-3-5-13(20)6-4-12/h2-9,23H,10H2,1H3/b7-2+. The van der Waals surface area contributed by atoms with E-state index >= 15 is 0 Å². The first-order chi connectivity index (χ1) is 11.9. The highest BCUT2D eigenvalue weighted by Crippen LogP contribution is 2.35. The zero-order chi connectivity index (χ0) is 18.4. The summed E-state index contributed by atoms with van der Waals surface area (Å²) in [6.07, 6.45) is 2.60. The second-order valence-corrected chi connectivity index (χ2v) is 5.78. The summed E-state index contributed by atoms with van der Waals surface area (Å²) >= 11 is 3.17. The highest BCUT2D eigenvalue weighted by atomic mass is 79.9. The molecule has 0 saturated heterocycles. The number of carbonyl (C=O) groups is 2. The maximum atomic E-state index is 12.8. The lowest BCUT2D eigenvalue weighted by molar-refractivity contribution is -0.136. The Labute approximate surface area is 151 Å². The van der Waals surface area contributed by atoms with Gasteiger partial charge in [0.1, 0.15) is 5.82 Å². The van der Waals surface area contributed by atoms with E-state index in [9.17, 15) is 19.1 Å². The molecule has 2 aromatic rings. The molecular weight excluding hydrogens is 395 g/mol. The first-order valence-electron chi connectivity index (χ1n) is 7.11. The van der Waals surface area contributed by atoms with E-state index in [1.807, 2.05) is 0 Å². The number of ketones is 1. The minimum absolute atomic E-state index is 0.0490. The van der Waals surface area contributed by atoms with Gasteiger partial charge in [-0.25, -0.2) is 9.18 Å². The number of ether oxygens (including phenoxy) is 2. The van der Waals surface area contributed by atoms with Crippen LogP contribution in [0.5, 0.6) is 11.5 Å². The van der Waals surface area contributed by atoms with Crippen LogP contribution in [-0.4, -0.2) is 30.6 Å². The normalized spacial score (nSPS) is 10.7. The summed E-state index contributed by atoms with van der Waals surface area (Å²) in [6, 6.07) is 8.08. The van der Waals surface area contributed by atoms with Crippen molar-refractivity contribution in [3.05, 3.63) is 63.9 Å². The number of rotatable bonds is 6. The maximum Gasteiger partial charge on any atom is 0.331 e. The third-order valence-electron chi connectivity index (χ3n) is 3.19. The van der Waals surface area contributed by atoms with E-state index in [1.54, 1.807) is 6.07 Å². The van der Waals surface area contributed by atoms with Crippen LogP contribution >= 0.6 is 15.9 Å². The number of aromatic hydroxyl groups is 1. The van der Waals surface area contributed by atoms with Crippen molar-refractivity contribution in [2.24, 2.45) is 0 Å². The summed E-state index contributed by atoms with van der Waals surface area (Å²) in [5.41, 5.74) is 0.841. The number of carbonyl (C=O) groups excluding carboxylic acids is 2. The molecule has 0 bridgehead atoms. The van der Waals surface area contributed by atoms with Crippen LogP contribution in [0.4, 0.5) is 4.39 Å². The zero-order valence-electron chi connectivity index (χ0n) is 13.2. The van der Waals surface area contributed by atoms with Gasteiger partial charge < -0.3 is 14.6 Å². The van der Waals surface area contributed by atoms with E-state index in [0.29, 0.717) is 10.0 Å². The number of Topliss-reactive ketones (excluding diaryl/α,β-unsaturated/α-hetero) is 1. The fourth-order valence-corrected chi connectivity index (χ4v) is 2.37. The number of halogens is 2. The lowest BCUT2D eigenvalue weighted by Crippen LogP contribution is -2.12. The molecule has 0 aliphatic carbocycles. The van der Waals surface area contributed by atoms with Gasteiger partial charge in [-0.05, 0) is 64.0 Å². The number of benzene rings is 2. The summed E-state index contributed by atoms with van der Waals surface area (Å²) in [5.74, 6) is -1.40. The van der Waals surface area contributed by atoms with Crippen molar-refractivity contribution >= 4 is 33.8 Å². The second kappa shape index (κ2) is 8.43. The second-order valence-electron chi connectivity index (χ2n) is 4.92. The number of phenols is 1. The summed E-state index contributed by atoms with van der Waals surface area (Å²) in [4.78, 5) is 23.5. The van der Waals surface area contributed by atoms with Gasteiger partial charge >= 0.3 is 5.97 Å². The van der Waals surface area contributed by atoms with E-state index in [2.05, 4.69) is 15.9 Å². The summed E-state index contributed by atoms with van der Waals surface area (Å²) in [6.45, 7) is -0.447. The summed E-state index contributed by atoms with van der Waals surface area (Å²) in [5, 5.41) is 9.72. The van der Waals surface area contributed by atoms with E-state index in [1.165, 1.54) is 31.4 Å². The van der Waals surface area contributed by atoms with Gasteiger partial charge in [0.25, 0.3) is 0 Å². The highest BCUT2D eigenvalue weighted by Gasteiger charge is 2.10. The van der Waals surface area contributed by atoms with Crippen molar-refractivity contribution in [1.29, 1.82) is 0 Å². The van der Waals surface area contributed by atoms with Crippen molar-refractivity contribution < 1.29 is 28.6 Å². The molecule has 0 atom stereocenters. The zero-order valence-corrected chi connectivity index (χ0v) is 14.7. The Morgan fingerprint density at radius 2 is 1.92 bits per heavy atom. The molecule has 0 fully saturated rings. The maximum absolute atomic E-state index is 12.8. The van der Waals surface area contributed by atoms with Crippen molar-refractivity contribution in [3.63, 3.8) is 0 Å². The Kier molecular flexibility index (Phi) is 6.30. The monoisotopic (exact) mass is 408 g/mol. The van der Waals surface area contributed by atoms with E-state index in [-0.39, 0.29) is 17.1 Å². The Morgan fingerprint density at radius 3 is 2.56 bits per heavy atom. The van der Waals surface area contributed by atoms with Crippen LogP contribution in [0.15, 0.2) is 46.9 Å². The molecule has 2 aromatic carbocycles. The fraction of sp³-hybridized carbons (Fsp3) is 0.111. The molecule has 7 heteroatoms. The number of esters is 1. The van der Waals surface area contributed by atoms with Crippen LogP contribution in [0.2, 0.25) is 0 Å². The van der Waals surface area contributed by atoms with Crippen LogP contribution in [0, 0.1) is 5.82 Å². The Hall–Kier alpha value is -2.67. The van der Waals surface area contributed by atoms with Crippen LogP contribution in [0.25, 0.3) is 6.08 Å². The molecule has 0 spiro atoms. The summed E-state index contributed by atoms with van der Waals surface area (Å²) < 4.78 is 23.1. The van der Waals surface area contributed by atoms with Crippen LogP contribution in [0.1, 0.15) is 15.9 Å². The van der Waals surface area contributed by atoms with E-state index in [4.69, 9.17) is 9.47 Å². The van der Waals surface area contributed by atoms with Gasteiger partial charge in [-0.2, -0.15) is 0 Å². The van der Waals surface area contributed by atoms with Gasteiger partial charge in [-0.15, -0.1) is 0 Å². The molecule has 0 aromatic heterocycles. The molecule has 130 valence electrons. The fourth-order valence-electron chi connectivity index (χ4n) is 1.91. The van der Waals surface area contributed by atoms with Crippen LogP contribution in [0.3, 0.4) is 0 Å². The van der Waals surface area contributed by atoms with E-state index < -0.39 is 24.2 Å². The van der Waals surface area contributed by atoms with Crippen LogP contribution < -0.4 is 4.74 Å². The van der Waals surface area contributed by atoms with E-state index in [0.717, 1.165) is 18.2 Å². The largest absolute Gasteiger partial charge is 0.503 e. The molecule has 0 saturated carbocycles. The molecule has 5 nitrogen and oxygen atoms in total. The predicted octanol–water partition coefficient (Wildman–Crippen LogP) is 3.74. The minimum Gasteiger partial charge on any atom is -0.503 e. The minimum atomic E-state index is -0.710. The lowest BCUT2D eigenvalue weighted by atomic mass is 10.1. The molecule has 0 radical (unpaired) electrons. The molecule has 0 aliphatic rings. The Bertz CT molecular complexity index is 815. The average molecular weight is 409 g/mol. The Morgan fingerprint density at radius 1 is 1.24 bits per heavy atom. The topological polar surface area (TPSA) is 72.8 Å². The van der Waals surface area contributed by atoms with Crippen LogP contribution in [-0.2, 0) is 9.53 Å². The SMILES string of the molecule is COc1cc(/C=C/C(=O)OCC(=O)c2ccc(F)cc2)cc(Br)c1O. The van der Waals surface area contributed by atoms with Crippen molar-refractivity contribution in [3.8, 4) is 11.5 Å². The van der Waals surface area contributed by atoms with Crippen molar-refractivity contribution in [2.75, 3.05) is 13.7 Å². The molecule has 0 aliphatic heterocycles. The highest BCUT2D eigenvalue weighted by molar-refractivity contribution is 9.10. The van der Waals surface area contributed by atoms with Gasteiger partial charge in [0.15, 0.2) is 23.9 Å². The Balaban J connectivity index is 1.96. The smallest absolute Gasteiger partial charge is 0.331 e. The third-order valence-corrected chi connectivity index (χ3v) is 3.80. The lowest BCUT2D eigenvalue weighted by Gasteiger charge is -2.06. The quantitative estimate of drug-likeness (QED) is 0.447. The molecule has 2 rings (SSSR count). The van der Waals surface area contributed by atoms with Gasteiger partial charge in [-0.3, -0.25) is 4.79 Å². The molecule has 0 amide bonds. The van der Waals surface area contributed by atoms with Gasteiger partial charge in [0, 0.05) is 11.6 Å². The number of methoxy groups -OCH3 is 1. The number of hydrogen-bond donors (Lipinski definition) is 1. The van der Waals surface area contributed by atoms with Gasteiger partial charge in [-0.1, -0.05) is 0 Å². The van der Waals surface area contributed by atoms with Gasteiger partial charge in [0.2, 0.25) is 0 Å². The van der Waals surface area contributed by atoms with Gasteiger partial charge in [0.05, 0.1) is 11.6 Å². The number of phenolic OH excluding ortho intramolecular Hbond substituents is 1. The summed E-state index contributed by atoms with van der Waals surface area (Å²) in [7, 11) is 1.41. The molecule has 1 N–H and O–H groups in total. The first-order valence-corrected chi connectivity index (χ1v) is 7.90. The molecule has 0 unspecified atom stereocenters. The van der Waals surface area contributed by atoms with Crippen molar-refractivity contribution in [1.82, 2.24) is 0 Å². The molecule has 25 heavy (non-hydrogen) atoms. The molecular formula is C18H14BrFO5. The number of hydrogen-bond acceptors (Lipinski definition) is 5. The third kappa shape index (κ3) is 5.15. The van der Waals surface area contributed by atoms with Crippen molar-refractivity contribution in [2.45, 2.75) is 0 Å². The predicted molar refractivity (Wildman–Crippen MR) is 93.1 cm³/mol.